The summed E-state index contributed by atoms with van der Waals surface area (Å²) in [4.78, 5) is 35.8. The first-order chi connectivity index (χ1) is 15.4. The van der Waals surface area contributed by atoms with Gasteiger partial charge in [-0.3, -0.25) is 19.3 Å². The molecule has 9 nitrogen and oxygen atoms in total. The first-order valence-corrected chi connectivity index (χ1v) is 10.6. The number of amides is 1. The summed E-state index contributed by atoms with van der Waals surface area (Å²) in [5, 5.41) is 7.74. The van der Waals surface area contributed by atoms with Gasteiger partial charge in [-0.05, 0) is 31.0 Å². The molecular formula is C23H24N6O3. The van der Waals surface area contributed by atoms with Crippen LogP contribution in [0.15, 0.2) is 30.6 Å². The van der Waals surface area contributed by atoms with Crippen LogP contribution in [0.1, 0.15) is 34.6 Å². The Morgan fingerprint density at radius 3 is 2.75 bits per heavy atom. The van der Waals surface area contributed by atoms with Crippen LogP contribution in [-0.4, -0.2) is 50.5 Å². The van der Waals surface area contributed by atoms with E-state index in [0.717, 1.165) is 18.4 Å². The quantitative estimate of drug-likeness (QED) is 0.612. The topological polar surface area (TPSA) is 102 Å². The third-order valence-electron chi connectivity index (χ3n) is 5.81. The van der Waals surface area contributed by atoms with Crippen molar-refractivity contribution in [2.45, 2.75) is 25.8 Å². The predicted molar refractivity (Wildman–Crippen MR) is 118 cm³/mol. The zero-order chi connectivity index (χ0) is 22.4. The SMILES string of the molecule is COc1c(Nc2cc(CC(=O)C3CC3)nc3c2C(=O)N(C)C3)cccc1-c1ncn(C)n1. The Morgan fingerprint density at radius 2 is 2.06 bits per heavy atom. The second kappa shape index (κ2) is 7.74. The molecular weight excluding hydrogens is 408 g/mol. The van der Waals surface area contributed by atoms with Gasteiger partial charge in [-0.2, -0.15) is 5.10 Å². The van der Waals surface area contributed by atoms with Crippen molar-refractivity contribution < 1.29 is 14.3 Å². The number of carbonyl (C=O) groups is 2. The molecule has 0 saturated heterocycles. The lowest BCUT2D eigenvalue weighted by Crippen LogP contribution is -2.18. The number of benzene rings is 1. The van der Waals surface area contributed by atoms with Crippen molar-refractivity contribution in [3.63, 3.8) is 0 Å². The monoisotopic (exact) mass is 432 g/mol. The summed E-state index contributed by atoms with van der Waals surface area (Å²) < 4.78 is 7.32. The fraction of sp³-hybridized carbons (Fsp3) is 0.348. The number of aryl methyl sites for hydroxylation is 1. The highest BCUT2D eigenvalue weighted by Crippen LogP contribution is 2.39. The highest BCUT2D eigenvalue weighted by atomic mass is 16.5. The lowest BCUT2D eigenvalue weighted by Gasteiger charge is -2.16. The third kappa shape index (κ3) is 3.59. The summed E-state index contributed by atoms with van der Waals surface area (Å²) in [7, 11) is 5.14. The first-order valence-electron chi connectivity index (χ1n) is 10.6. The lowest BCUT2D eigenvalue weighted by atomic mass is 10.1. The number of nitrogens with zero attached hydrogens (tertiary/aromatic N) is 5. The first kappa shape index (κ1) is 20.2. The fourth-order valence-corrected chi connectivity index (χ4v) is 4.05. The Labute approximate surface area is 185 Å². The zero-order valence-electron chi connectivity index (χ0n) is 18.3. The Hall–Kier alpha value is -3.75. The minimum absolute atomic E-state index is 0.100. The Morgan fingerprint density at radius 1 is 1.25 bits per heavy atom. The molecule has 164 valence electrons. The summed E-state index contributed by atoms with van der Waals surface area (Å²) >= 11 is 0. The number of ether oxygens (including phenoxy) is 1. The van der Waals surface area contributed by atoms with E-state index in [1.54, 1.807) is 43.2 Å². The maximum atomic E-state index is 12.8. The van der Waals surface area contributed by atoms with Gasteiger partial charge in [0.2, 0.25) is 0 Å². The highest BCUT2D eigenvalue weighted by molar-refractivity contribution is 6.04. The second-order valence-corrected chi connectivity index (χ2v) is 8.31. The van der Waals surface area contributed by atoms with Crippen LogP contribution in [0.4, 0.5) is 11.4 Å². The molecule has 3 heterocycles. The number of methoxy groups -OCH3 is 1. The summed E-state index contributed by atoms with van der Waals surface area (Å²) in [5.74, 6) is 1.38. The second-order valence-electron chi connectivity index (χ2n) is 8.31. The molecule has 1 saturated carbocycles. The number of para-hydroxylation sites is 1. The standard InChI is InChI=1S/C23H24N6O3/c1-28-11-18-20(23(28)31)17(9-14(25-18)10-19(30)13-7-8-13)26-16-6-4-5-15(21(16)32-3)22-24-12-29(2)27-22/h4-6,9,12-13H,7-8,10-11H2,1-3H3,(H,25,26). The zero-order valence-corrected chi connectivity index (χ0v) is 18.3. The number of rotatable bonds is 7. The molecule has 2 aliphatic rings. The van der Waals surface area contributed by atoms with Gasteiger partial charge >= 0.3 is 0 Å². The number of anilines is 2. The van der Waals surface area contributed by atoms with Crippen molar-refractivity contribution in [1.82, 2.24) is 24.6 Å². The number of Topliss-reactive ketones (excluding diaryl/α,β-unsaturated/α-hetero) is 1. The molecule has 0 spiro atoms. The van der Waals surface area contributed by atoms with Crippen LogP contribution >= 0.6 is 0 Å². The van der Waals surface area contributed by atoms with E-state index in [1.807, 2.05) is 18.2 Å². The van der Waals surface area contributed by atoms with E-state index in [0.29, 0.717) is 46.4 Å². The number of ketones is 1. The van der Waals surface area contributed by atoms with Gasteiger partial charge in [-0.1, -0.05) is 6.07 Å². The Balaban J connectivity index is 1.55. The number of hydrogen-bond acceptors (Lipinski definition) is 7. The Kier molecular flexibility index (Phi) is 4.88. The van der Waals surface area contributed by atoms with E-state index in [-0.39, 0.29) is 24.0 Å². The number of aromatic nitrogens is 4. The fourth-order valence-electron chi connectivity index (χ4n) is 4.05. The van der Waals surface area contributed by atoms with Crippen molar-refractivity contribution >= 4 is 23.1 Å². The normalized spacial score (nSPS) is 15.1. The van der Waals surface area contributed by atoms with Crippen molar-refractivity contribution in [2.24, 2.45) is 13.0 Å². The van der Waals surface area contributed by atoms with Crippen molar-refractivity contribution in [2.75, 3.05) is 19.5 Å². The number of nitrogens with one attached hydrogen (secondary N) is 1. The average molecular weight is 432 g/mol. The van der Waals surface area contributed by atoms with Gasteiger partial charge in [0, 0.05) is 26.4 Å². The summed E-state index contributed by atoms with van der Waals surface area (Å²) in [6.45, 7) is 0.420. The molecule has 1 aromatic carbocycles. The minimum Gasteiger partial charge on any atom is -0.494 e. The van der Waals surface area contributed by atoms with Gasteiger partial charge < -0.3 is 15.0 Å². The number of hydrogen-bond donors (Lipinski definition) is 1. The summed E-state index contributed by atoms with van der Waals surface area (Å²) in [6, 6.07) is 7.44. The van der Waals surface area contributed by atoms with E-state index in [2.05, 4.69) is 20.4 Å². The number of pyridine rings is 1. The largest absolute Gasteiger partial charge is 0.494 e. The molecule has 1 amide bonds. The third-order valence-corrected chi connectivity index (χ3v) is 5.81. The van der Waals surface area contributed by atoms with Gasteiger partial charge in [0.1, 0.15) is 12.1 Å². The van der Waals surface area contributed by atoms with Gasteiger partial charge in [0.15, 0.2) is 11.6 Å². The van der Waals surface area contributed by atoms with E-state index in [1.165, 1.54) is 0 Å². The van der Waals surface area contributed by atoms with Crippen LogP contribution < -0.4 is 10.1 Å². The molecule has 0 unspecified atom stereocenters. The number of carbonyl (C=O) groups excluding carboxylic acids is 2. The molecule has 5 rings (SSSR count). The van der Waals surface area contributed by atoms with E-state index < -0.39 is 0 Å². The molecule has 1 aliphatic carbocycles. The van der Waals surface area contributed by atoms with Gasteiger partial charge in [0.25, 0.3) is 5.91 Å². The molecule has 32 heavy (non-hydrogen) atoms. The molecule has 0 bridgehead atoms. The molecule has 1 aliphatic heterocycles. The number of fused-ring (bicyclic) bond motifs is 1. The molecule has 1 N–H and O–H groups in total. The van der Waals surface area contributed by atoms with E-state index in [9.17, 15) is 9.59 Å². The van der Waals surface area contributed by atoms with E-state index >= 15 is 0 Å². The van der Waals surface area contributed by atoms with Crippen LogP contribution in [0.5, 0.6) is 5.75 Å². The molecule has 1 fully saturated rings. The molecule has 2 aromatic heterocycles. The summed E-state index contributed by atoms with van der Waals surface area (Å²) in [5.41, 5.74) is 3.91. The van der Waals surface area contributed by atoms with Crippen molar-refractivity contribution in [3.8, 4) is 17.1 Å². The van der Waals surface area contributed by atoms with Gasteiger partial charge in [-0.15, -0.1) is 0 Å². The van der Waals surface area contributed by atoms with Crippen molar-refractivity contribution in [3.05, 3.63) is 47.5 Å². The molecule has 0 radical (unpaired) electrons. The van der Waals surface area contributed by atoms with Crippen LogP contribution in [0.2, 0.25) is 0 Å². The molecule has 3 aromatic rings. The Bertz CT molecular complexity index is 1230. The van der Waals surface area contributed by atoms with Crippen molar-refractivity contribution in [1.29, 1.82) is 0 Å². The van der Waals surface area contributed by atoms with E-state index in [4.69, 9.17) is 4.74 Å². The highest BCUT2D eigenvalue weighted by Gasteiger charge is 2.33. The van der Waals surface area contributed by atoms with Crippen LogP contribution in [0.25, 0.3) is 11.4 Å². The summed E-state index contributed by atoms with van der Waals surface area (Å²) in [6.07, 6.45) is 3.82. The molecule has 9 heteroatoms. The van der Waals surface area contributed by atoms with Crippen LogP contribution in [0, 0.1) is 5.92 Å². The predicted octanol–water partition coefficient (Wildman–Crippen LogP) is 2.74. The maximum absolute atomic E-state index is 12.8. The minimum atomic E-state index is -0.100. The molecule has 0 atom stereocenters. The van der Waals surface area contributed by atoms with Crippen LogP contribution in [0.3, 0.4) is 0 Å². The van der Waals surface area contributed by atoms with Gasteiger partial charge in [0.05, 0.1) is 47.5 Å². The average Bonchev–Trinajstić information content (AvgIpc) is 3.47. The maximum Gasteiger partial charge on any atom is 0.257 e. The smallest absolute Gasteiger partial charge is 0.257 e. The van der Waals surface area contributed by atoms with Gasteiger partial charge in [-0.25, -0.2) is 4.98 Å². The lowest BCUT2D eigenvalue weighted by molar-refractivity contribution is -0.119. The van der Waals surface area contributed by atoms with Crippen LogP contribution in [-0.2, 0) is 24.8 Å².